The molecule has 1 unspecified atom stereocenters. The van der Waals surface area contributed by atoms with E-state index in [-0.39, 0.29) is 18.2 Å². The normalized spacial score (nSPS) is 34.5. The lowest BCUT2D eigenvalue weighted by Gasteiger charge is -2.30. The highest BCUT2D eigenvalue weighted by molar-refractivity contribution is 7.49. The Labute approximate surface area is 174 Å². The Kier molecular flexibility index (Phi) is 5.13. The molecular weight excluding hydrogens is 436 g/mol. The largest absolute Gasteiger partial charge is 0.530 e. The van der Waals surface area contributed by atoms with Gasteiger partial charge in [-0.25, -0.2) is 13.8 Å². The quantitative estimate of drug-likeness (QED) is 0.434. The Hall–Kier alpha value is -2.78. The zero-order chi connectivity index (χ0) is 22.4. The van der Waals surface area contributed by atoms with Crippen LogP contribution in [0.15, 0.2) is 41.3 Å². The molecule has 0 saturated carbocycles. The second-order valence-corrected chi connectivity index (χ2v) is 8.41. The highest BCUT2D eigenvalue weighted by Gasteiger charge is 2.65. The summed E-state index contributed by atoms with van der Waals surface area (Å²) in [6.45, 7) is -1.33. The summed E-state index contributed by atoms with van der Waals surface area (Å²) in [7, 11) is -4.29. The van der Waals surface area contributed by atoms with Crippen molar-refractivity contribution in [2.75, 3.05) is 12.3 Å². The number of fused-ring (bicyclic) bond motifs is 1. The second kappa shape index (κ2) is 7.42. The average molecular weight is 453 g/mol. The van der Waals surface area contributed by atoms with Gasteiger partial charge in [-0.2, -0.15) is 4.98 Å². The number of halogens is 1. The molecule has 3 heterocycles. The Morgan fingerprint density at radius 2 is 2.13 bits per heavy atom. The van der Waals surface area contributed by atoms with Crippen LogP contribution in [0.2, 0.25) is 0 Å². The van der Waals surface area contributed by atoms with E-state index in [4.69, 9.17) is 30.5 Å². The molecule has 1 aromatic carbocycles. The molecule has 0 spiro atoms. The van der Waals surface area contributed by atoms with Crippen molar-refractivity contribution in [3.05, 3.63) is 52.6 Å². The van der Waals surface area contributed by atoms with Crippen LogP contribution in [0.25, 0.3) is 0 Å². The number of phosphoric ester groups is 1. The molecule has 1 saturated heterocycles. The predicted octanol–water partition coefficient (Wildman–Crippen LogP) is 0.263. The standard InChI is InChI=1S/C18H17FN3O8P/c1-2-18(22-8-7-13(20)21-16(22)25)15(24)14(23)17(19,30-18)10-28-31(26)27-9-11-5-3-4-6-12(11)29-31/h1,3-8,14-15,23-24H,9-10H2,(H2,20,21,25)/t14-,15+,17+,18+,31?/m0/s1. The Morgan fingerprint density at radius 3 is 2.84 bits per heavy atom. The van der Waals surface area contributed by atoms with Gasteiger partial charge in [-0.3, -0.25) is 13.6 Å². The fraction of sp³-hybridized carbons (Fsp3) is 0.333. The molecule has 11 nitrogen and oxygen atoms in total. The Morgan fingerprint density at radius 1 is 1.39 bits per heavy atom. The van der Waals surface area contributed by atoms with Crippen molar-refractivity contribution in [1.29, 1.82) is 0 Å². The van der Waals surface area contributed by atoms with Crippen LogP contribution in [-0.2, 0) is 30.7 Å². The van der Waals surface area contributed by atoms with Crippen LogP contribution in [0, 0.1) is 12.3 Å². The summed E-state index contributed by atoms with van der Waals surface area (Å²) in [5.74, 6) is -1.15. The number of nitrogens with zero attached hydrogens (tertiary/aromatic N) is 2. The van der Waals surface area contributed by atoms with Crippen molar-refractivity contribution in [3.8, 4) is 18.1 Å². The van der Waals surface area contributed by atoms with Gasteiger partial charge in [-0.1, -0.05) is 18.2 Å². The molecule has 0 amide bonds. The number of phosphoric acid groups is 1. The third kappa shape index (κ3) is 3.51. The van der Waals surface area contributed by atoms with Crippen molar-refractivity contribution in [3.63, 3.8) is 0 Å². The van der Waals surface area contributed by atoms with Crippen LogP contribution < -0.4 is 15.9 Å². The molecule has 0 radical (unpaired) electrons. The highest BCUT2D eigenvalue weighted by atomic mass is 31.2. The van der Waals surface area contributed by atoms with Gasteiger partial charge in [0, 0.05) is 11.8 Å². The maximum atomic E-state index is 15.5. The number of hydrogen-bond donors (Lipinski definition) is 3. The summed E-state index contributed by atoms with van der Waals surface area (Å²) in [5, 5.41) is 20.8. The first-order valence-corrected chi connectivity index (χ1v) is 10.3. The van der Waals surface area contributed by atoms with Crippen LogP contribution in [0.1, 0.15) is 5.56 Å². The van der Waals surface area contributed by atoms with Gasteiger partial charge in [0.05, 0.1) is 6.61 Å². The molecule has 2 aromatic rings. The Bertz CT molecular complexity index is 1170. The topological polar surface area (TPSA) is 155 Å². The lowest BCUT2D eigenvalue weighted by Crippen LogP contribution is -2.49. The molecule has 0 aliphatic carbocycles. The van der Waals surface area contributed by atoms with E-state index in [1.54, 1.807) is 18.2 Å². The number of hydrogen-bond acceptors (Lipinski definition) is 10. The average Bonchev–Trinajstić information content (AvgIpc) is 2.94. The maximum Gasteiger partial charge on any atom is 0.530 e. The van der Waals surface area contributed by atoms with Crippen LogP contribution in [0.3, 0.4) is 0 Å². The number of benzene rings is 1. The molecule has 164 valence electrons. The molecule has 1 fully saturated rings. The minimum atomic E-state index is -4.29. The van der Waals surface area contributed by atoms with Crippen LogP contribution in [0.4, 0.5) is 10.2 Å². The number of aromatic nitrogens is 2. The van der Waals surface area contributed by atoms with Crippen molar-refractivity contribution in [1.82, 2.24) is 9.55 Å². The maximum absolute atomic E-state index is 15.5. The number of nitrogens with two attached hydrogens (primary N) is 1. The molecule has 1 aromatic heterocycles. The van der Waals surface area contributed by atoms with Gasteiger partial charge in [0.25, 0.3) is 5.85 Å². The number of aliphatic hydroxyl groups is 2. The minimum absolute atomic E-state index is 0.125. The van der Waals surface area contributed by atoms with Gasteiger partial charge in [0.1, 0.15) is 30.4 Å². The number of alkyl halides is 1. The molecule has 0 bridgehead atoms. The number of anilines is 1. The zero-order valence-corrected chi connectivity index (χ0v) is 16.6. The summed E-state index contributed by atoms with van der Waals surface area (Å²) in [6, 6.07) is 7.71. The van der Waals surface area contributed by atoms with Crippen molar-refractivity contribution >= 4 is 13.6 Å². The minimum Gasteiger partial charge on any atom is -0.404 e. The second-order valence-electron chi connectivity index (χ2n) is 6.82. The van der Waals surface area contributed by atoms with Crippen molar-refractivity contribution in [2.24, 2.45) is 0 Å². The lowest BCUT2D eigenvalue weighted by molar-refractivity contribution is -0.225. The zero-order valence-electron chi connectivity index (χ0n) is 15.8. The molecule has 31 heavy (non-hydrogen) atoms. The number of rotatable bonds is 4. The third-order valence-electron chi connectivity index (χ3n) is 4.84. The highest BCUT2D eigenvalue weighted by Crippen LogP contribution is 2.56. The van der Waals surface area contributed by atoms with E-state index in [2.05, 4.69) is 4.98 Å². The molecule has 4 rings (SSSR count). The molecule has 13 heteroatoms. The van der Waals surface area contributed by atoms with E-state index in [0.717, 1.165) is 12.3 Å². The molecule has 2 aliphatic rings. The summed E-state index contributed by atoms with van der Waals surface area (Å²) in [5.41, 5.74) is 2.48. The van der Waals surface area contributed by atoms with Crippen molar-refractivity contribution in [2.45, 2.75) is 30.4 Å². The van der Waals surface area contributed by atoms with Gasteiger partial charge in [-0.15, -0.1) is 6.42 Å². The van der Waals surface area contributed by atoms with E-state index < -0.39 is 43.9 Å². The monoisotopic (exact) mass is 453 g/mol. The number of aliphatic hydroxyl groups excluding tert-OH is 2. The molecule has 4 N–H and O–H groups in total. The summed E-state index contributed by atoms with van der Waals surface area (Å²) >= 11 is 0. The molecule has 2 aliphatic heterocycles. The summed E-state index contributed by atoms with van der Waals surface area (Å²) < 4.78 is 49.3. The molecule has 5 atom stereocenters. The van der Waals surface area contributed by atoms with E-state index in [1.807, 2.05) is 5.92 Å². The summed E-state index contributed by atoms with van der Waals surface area (Å²) in [6.07, 6.45) is 2.03. The van der Waals surface area contributed by atoms with Gasteiger partial charge in [0.2, 0.25) is 5.72 Å². The third-order valence-corrected chi connectivity index (χ3v) is 6.15. The lowest BCUT2D eigenvalue weighted by atomic mass is 10.0. The van der Waals surface area contributed by atoms with Crippen LogP contribution in [0.5, 0.6) is 5.75 Å². The number of para-hydroxylation sites is 1. The van der Waals surface area contributed by atoms with Crippen LogP contribution >= 0.6 is 7.82 Å². The number of terminal acetylenes is 1. The SMILES string of the molecule is C#C[C@@]1(n2ccc(N)nc2=O)O[C@](F)(COP2(=O)OCc3ccccc3O2)[C@@H](O)[C@H]1O. The predicted molar refractivity (Wildman–Crippen MR) is 102 cm³/mol. The van der Waals surface area contributed by atoms with E-state index >= 15 is 4.39 Å². The first-order valence-electron chi connectivity index (χ1n) is 8.88. The number of nitrogen functional groups attached to an aromatic ring is 1. The van der Waals surface area contributed by atoms with Gasteiger partial charge < -0.3 is 25.2 Å². The van der Waals surface area contributed by atoms with Gasteiger partial charge in [-0.05, 0) is 18.1 Å². The fourth-order valence-electron chi connectivity index (χ4n) is 3.23. The van der Waals surface area contributed by atoms with Gasteiger partial charge >= 0.3 is 13.5 Å². The molecular formula is C18H17FN3O8P. The van der Waals surface area contributed by atoms with E-state index in [0.29, 0.717) is 10.1 Å². The van der Waals surface area contributed by atoms with Gasteiger partial charge in [0.15, 0.2) is 0 Å². The first-order chi connectivity index (χ1) is 14.6. The summed E-state index contributed by atoms with van der Waals surface area (Å²) in [4.78, 5) is 15.6. The van der Waals surface area contributed by atoms with E-state index in [1.165, 1.54) is 6.07 Å². The van der Waals surface area contributed by atoms with Crippen molar-refractivity contribution < 1.29 is 37.5 Å². The number of ether oxygens (including phenoxy) is 1. The first kappa shape index (κ1) is 21.5. The van der Waals surface area contributed by atoms with Crippen LogP contribution in [-0.4, -0.2) is 44.4 Å². The Balaban J connectivity index is 1.59. The van der Waals surface area contributed by atoms with E-state index in [9.17, 15) is 19.6 Å². The smallest absolute Gasteiger partial charge is 0.404 e. The fourth-order valence-corrected chi connectivity index (χ4v) is 4.46.